The van der Waals surface area contributed by atoms with Crippen LogP contribution < -0.4 is 10.5 Å². The molecule has 1 aromatic carbocycles. The van der Waals surface area contributed by atoms with Gasteiger partial charge in [0.05, 0.1) is 13.2 Å². The summed E-state index contributed by atoms with van der Waals surface area (Å²) in [5.41, 5.74) is 8.14. The summed E-state index contributed by atoms with van der Waals surface area (Å²) in [6.07, 6.45) is 2.78. The maximum atomic E-state index is 5.78. The first-order chi connectivity index (χ1) is 9.76. The third-order valence-electron chi connectivity index (χ3n) is 3.84. The van der Waals surface area contributed by atoms with E-state index in [1.54, 1.807) is 7.11 Å². The molecule has 1 saturated heterocycles. The Kier molecular flexibility index (Phi) is 5.83. The van der Waals surface area contributed by atoms with Gasteiger partial charge in [0, 0.05) is 31.8 Å². The molecule has 2 N–H and O–H groups in total. The number of piperidine rings is 1. The summed E-state index contributed by atoms with van der Waals surface area (Å²) in [5, 5.41) is 0. The largest absolute Gasteiger partial charge is 0.496 e. The molecular formula is C16H26N2O2. The summed E-state index contributed by atoms with van der Waals surface area (Å²) in [6, 6.07) is 6.30. The summed E-state index contributed by atoms with van der Waals surface area (Å²) in [6.45, 7) is 6.51. The van der Waals surface area contributed by atoms with Gasteiger partial charge in [-0.25, -0.2) is 0 Å². The topological polar surface area (TPSA) is 47.7 Å². The van der Waals surface area contributed by atoms with Crippen molar-refractivity contribution < 1.29 is 9.47 Å². The minimum Gasteiger partial charge on any atom is -0.496 e. The van der Waals surface area contributed by atoms with Crippen molar-refractivity contribution in [2.24, 2.45) is 5.73 Å². The van der Waals surface area contributed by atoms with Crippen molar-refractivity contribution >= 4 is 0 Å². The zero-order chi connectivity index (χ0) is 14.4. The van der Waals surface area contributed by atoms with Gasteiger partial charge in [0.15, 0.2) is 0 Å². The van der Waals surface area contributed by atoms with Crippen molar-refractivity contribution in [3.63, 3.8) is 0 Å². The second-order valence-electron chi connectivity index (χ2n) is 5.31. The molecule has 0 aromatic heterocycles. The van der Waals surface area contributed by atoms with Crippen molar-refractivity contribution in [1.29, 1.82) is 0 Å². The van der Waals surface area contributed by atoms with Crippen LogP contribution in [0.15, 0.2) is 18.2 Å². The molecular weight excluding hydrogens is 252 g/mol. The summed E-state index contributed by atoms with van der Waals surface area (Å²) < 4.78 is 11.1. The van der Waals surface area contributed by atoms with Gasteiger partial charge in [0.2, 0.25) is 0 Å². The smallest absolute Gasteiger partial charge is 0.123 e. The lowest BCUT2D eigenvalue weighted by Gasteiger charge is -2.32. The summed E-state index contributed by atoms with van der Waals surface area (Å²) in [4.78, 5) is 2.46. The van der Waals surface area contributed by atoms with E-state index in [0.29, 0.717) is 12.6 Å². The van der Waals surface area contributed by atoms with Gasteiger partial charge < -0.3 is 15.2 Å². The third kappa shape index (κ3) is 3.95. The Morgan fingerprint density at radius 1 is 1.40 bits per heavy atom. The van der Waals surface area contributed by atoms with Crippen molar-refractivity contribution in [1.82, 2.24) is 4.90 Å². The van der Waals surface area contributed by atoms with Crippen molar-refractivity contribution in [2.45, 2.75) is 39.0 Å². The first-order valence-electron chi connectivity index (χ1n) is 7.46. The van der Waals surface area contributed by atoms with Gasteiger partial charge in [-0.15, -0.1) is 0 Å². The van der Waals surface area contributed by atoms with Gasteiger partial charge >= 0.3 is 0 Å². The molecule has 0 radical (unpaired) electrons. The molecule has 1 atom stereocenters. The minimum atomic E-state index is 0.390. The van der Waals surface area contributed by atoms with Crippen LogP contribution in [0.2, 0.25) is 0 Å². The number of ether oxygens (including phenoxy) is 2. The van der Waals surface area contributed by atoms with Gasteiger partial charge in [0.25, 0.3) is 0 Å². The Morgan fingerprint density at radius 2 is 2.25 bits per heavy atom. The number of methoxy groups -OCH3 is 1. The first-order valence-corrected chi connectivity index (χ1v) is 7.46. The monoisotopic (exact) mass is 278 g/mol. The molecule has 1 aliphatic heterocycles. The standard InChI is InChI=1S/C16H26N2O2/c1-3-20-15-5-4-8-18(12-15)11-13-6-7-16(19-2)14(9-13)10-17/h6-7,9,15H,3-5,8,10-12,17H2,1-2H3. The van der Waals surface area contributed by atoms with E-state index in [1.807, 2.05) is 6.07 Å². The van der Waals surface area contributed by atoms with Crippen molar-refractivity contribution in [3.8, 4) is 5.75 Å². The summed E-state index contributed by atoms with van der Waals surface area (Å²) in [7, 11) is 1.69. The van der Waals surface area contributed by atoms with Crippen LogP contribution in [0.1, 0.15) is 30.9 Å². The zero-order valence-electron chi connectivity index (χ0n) is 12.6. The van der Waals surface area contributed by atoms with Crippen LogP contribution in [0.5, 0.6) is 5.75 Å². The molecule has 1 aliphatic rings. The molecule has 4 heteroatoms. The highest BCUT2D eigenvalue weighted by Crippen LogP contribution is 2.22. The Balaban J connectivity index is 1.98. The van der Waals surface area contributed by atoms with Crippen LogP contribution >= 0.6 is 0 Å². The maximum Gasteiger partial charge on any atom is 0.123 e. The molecule has 0 amide bonds. The summed E-state index contributed by atoms with van der Waals surface area (Å²) >= 11 is 0. The molecule has 1 aromatic rings. The van der Waals surface area contributed by atoms with E-state index in [1.165, 1.54) is 18.4 Å². The van der Waals surface area contributed by atoms with E-state index in [-0.39, 0.29) is 0 Å². The van der Waals surface area contributed by atoms with Gasteiger partial charge in [0.1, 0.15) is 5.75 Å². The number of nitrogens with zero attached hydrogens (tertiary/aromatic N) is 1. The van der Waals surface area contributed by atoms with Crippen LogP contribution in [-0.2, 0) is 17.8 Å². The fourth-order valence-corrected chi connectivity index (χ4v) is 2.88. The normalized spacial score (nSPS) is 20.1. The number of hydrogen-bond donors (Lipinski definition) is 1. The predicted octanol–water partition coefficient (Wildman–Crippen LogP) is 2.15. The lowest BCUT2D eigenvalue weighted by Crippen LogP contribution is -2.39. The molecule has 0 bridgehead atoms. The first kappa shape index (κ1) is 15.3. The molecule has 0 spiro atoms. The Labute approximate surface area is 121 Å². The SMILES string of the molecule is CCOC1CCCN(Cc2ccc(OC)c(CN)c2)C1. The molecule has 4 nitrogen and oxygen atoms in total. The van der Waals surface area contributed by atoms with Crippen LogP contribution in [0.3, 0.4) is 0 Å². The van der Waals surface area contributed by atoms with E-state index >= 15 is 0 Å². The summed E-state index contributed by atoms with van der Waals surface area (Å²) in [5.74, 6) is 0.877. The number of likely N-dealkylation sites (tertiary alicyclic amines) is 1. The van der Waals surface area contributed by atoms with Crippen molar-refractivity contribution in [2.75, 3.05) is 26.8 Å². The second-order valence-corrected chi connectivity index (χ2v) is 5.31. The van der Waals surface area contributed by atoms with Crippen LogP contribution in [0.25, 0.3) is 0 Å². The van der Waals surface area contributed by atoms with Gasteiger partial charge in [-0.05, 0) is 44.0 Å². The molecule has 0 saturated carbocycles. The van der Waals surface area contributed by atoms with Gasteiger partial charge in [-0.1, -0.05) is 6.07 Å². The average Bonchev–Trinajstić information content (AvgIpc) is 2.48. The number of nitrogens with two attached hydrogens (primary N) is 1. The van der Waals surface area contributed by atoms with E-state index < -0.39 is 0 Å². The van der Waals surface area contributed by atoms with E-state index in [2.05, 4.69) is 24.0 Å². The Hall–Kier alpha value is -1.10. The quantitative estimate of drug-likeness (QED) is 0.866. The zero-order valence-corrected chi connectivity index (χ0v) is 12.6. The van der Waals surface area contributed by atoms with E-state index in [0.717, 1.165) is 37.6 Å². The Bertz CT molecular complexity index is 421. The van der Waals surface area contributed by atoms with Gasteiger partial charge in [-0.2, -0.15) is 0 Å². The third-order valence-corrected chi connectivity index (χ3v) is 3.84. The molecule has 20 heavy (non-hydrogen) atoms. The average molecular weight is 278 g/mol. The van der Waals surface area contributed by atoms with Crippen molar-refractivity contribution in [3.05, 3.63) is 29.3 Å². The number of hydrogen-bond acceptors (Lipinski definition) is 4. The van der Waals surface area contributed by atoms with Crippen LogP contribution in [0, 0.1) is 0 Å². The van der Waals surface area contributed by atoms with Crippen LogP contribution in [0.4, 0.5) is 0 Å². The Morgan fingerprint density at radius 3 is 2.95 bits per heavy atom. The fraction of sp³-hybridized carbons (Fsp3) is 0.625. The highest BCUT2D eigenvalue weighted by molar-refractivity contribution is 5.37. The molecule has 1 heterocycles. The number of rotatable bonds is 6. The predicted molar refractivity (Wildman–Crippen MR) is 80.8 cm³/mol. The molecule has 1 unspecified atom stereocenters. The molecule has 2 rings (SSSR count). The molecule has 1 fully saturated rings. The highest BCUT2D eigenvalue weighted by atomic mass is 16.5. The lowest BCUT2D eigenvalue weighted by molar-refractivity contribution is 0.00362. The number of benzene rings is 1. The minimum absolute atomic E-state index is 0.390. The maximum absolute atomic E-state index is 5.78. The fourth-order valence-electron chi connectivity index (χ4n) is 2.88. The van der Waals surface area contributed by atoms with E-state index in [9.17, 15) is 0 Å². The molecule has 0 aliphatic carbocycles. The van der Waals surface area contributed by atoms with Crippen LogP contribution in [-0.4, -0.2) is 37.8 Å². The van der Waals surface area contributed by atoms with Gasteiger partial charge in [-0.3, -0.25) is 4.90 Å². The lowest BCUT2D eigenvalue weighted by atomic mass is 10.1. The highest BCUT2D eigenvalue weighted by Gasteiger charge is 2.20. The molecule has 112 valence electrons. The van der Waals surface area contributed by atoms with E-state index in [4.69, 9.17) is 15.2 Å². The second kappa shape index (κ2) is 7.62.